The van der Waals surface area contributed by atoms with Gasteiger partial charge in [-0.05, 0) is 12.0 Å². The summed E-state index contributed by atoms with van der Waals surface area (Å²) >= 11 is 1.44. The summed E-state index contributed by atoms with van der Waals surface area (Å²) in [6.45, 7) is 0.449. The number of aromatic amines is 1. The molecule has 0 aliphatic heterocycles. The number of aryl methyl sites for hydroxylation is 1. The molecule has 7 heteroatoms. The molecule has 0 aliphatic rings. The normalized spacial score (nSPS) is 10.6. The molecule has 6 nitrogen and oxygen atoms in total. The second kappa shape index (κ2) is 8.34. The highest BCUT2D eigenvalue weighted by Crippen LogP contribution is 2.13. The minimum Gasteiger partial charge on any atom is -0.349 e. The van der Waals surface area contributed by atoms with Crippen molar-refractivity contribution in [1.82, 2.24) is 20.3 Å². The van der Waals surface area contributed by atoms with Gasteiger partial charge in [-0.1, -0.05) is 30.3 Å². The summed E-state index contributed by atoms with van der Waals surface area (Å²) in [6, 6.07) is 9.93. The van der Waals surface area contributed by atoms with E-state index in [9.17, 15) is 9.59 Å². The van der Waals surface area contributed by atoms with Gasteiger partial charge in [0, 0.05) is 37.2 Å². The van der Waals surface area contributed by atoms with Crippen LogP contribution >= 0.6 is 11.3 Å². The summed E-state index contributed by atoms with van der Waals surface area (Å²) in [5.74, 6) is 0.0857. The van der Waals surface area contributed by atoms with Crippen LogP contribution in [0.15, 0.2) is 48.1 Å². The number of imidazole rings is 1. The van der Waals surface area contributed by atoms with Gasteiger partial charge in [0.2, 0.25) is 0 Å². The lowest BCUT2D eigenvalue weighted by molar-refractivity contribution is 0.0942. The minimum atomic E-state index is -0.249. The Morgan fingerprint density at radius 3 is 2.76 bits per heavy atom. The molecule has 0 fully saturated rings. The zero-order valence-corrected chi connectivity index (χ0v) is 14.4. The van der Waals surface area contributed by atoms with Gasteiger partial charge in [0.1, 0.15) is 5.69 Å². The summed E-state index contributed by atoms with van der Waals surface area (Å²) < 4.78 is 0. The maximum atomic E-state index is 12.2. The Bertz CT molecular complexity index is 828. The van der Waals surface area contributed by atoms with Crippen molar-refractivity contribution in [3.05, 3.63) is 70.2 Å². The van der Waals surface area contributed by atoms with E-state index in [1.807, 2.05) is 30.3 Å². The second-order valence-corrected chi connectivity index (χ2v) is 6.42. The Kier molecular flexibility index (Phi) is 5.69. The van der Waals surface area contributed by atoms with Crippen molar-refractivity contribution < 1.29 is 9.59 Å². The van der Waals surface area contributed by atoms with E-state index < -0.39 is 0 Å². The Morgan fingerprint density at radius 2 is 2.00 bits per heavy atom. The molecule has 0 unspecified atom stereocenters. The summed E-state index contributed by atoms with van der Waals surface area (Å²) in [4.78, 5) is 35.0. The molecule has 0 radical (unpaired) electrons. The fourth-order valence-corrected chi connectivity index (χ4v) is 3.14. The van der Waals surface area contributed by atoms with Gasteiger partial charge >= 0.3 is 0 Å². The zero-order valence-electron chi connectivity index (χ0n) is 13.6. The lowest BCUT2D eigenvalue weighted by atomic mass is 10.1. The highest BCUT2D eigenvalue weighted by atomic mass is 32.1. The molecular formula is C18H18N4O2S. The fourth-order valence-electron chi connectivity index (χ4n) is 2.34. The summed E-state index contributed by atoms with van der Waals surface area (Å²) in [6.07, 6.45) is 4.88. The van der Waals surface area contributed by atoms with Gasteiger partial charge in [-0.3, -0.25) is 9.59 Å². The third kappa shape index (κ3) is 4.84. The van der Waals surface area contributed by atoms with Crippen molar-refractivity contribution in [3.8, 4) is 0 Å². The van der Waals surface area contributed by atoms with Crippen molar-refractivity contribution in [2.75, 3.05) is 6.54 Å². The predicted octanol–water partition coefficient (Wildman–Crippen LogP) is 2.65. The molecule has 2 heterocycles. The van der Waals surface area contributed by atoms with Crippen LogP contribution in [0.4, 0.5) is 0 Å². The molecule has 25 heavy (non-hydrogen) atoms. The summed E-state index contributed by atoms with van der Waals surface area (Å²) in [5.41, 5.74) is 1.65. The number of carbonyl (C=O) groups is 2. The number of benzene rings is 1. The van der Waals surface area contributed by atoms with E-state index in [-0.39, 0.29) is 17.5 Å². The van der Waals surface area contributed by atoms with Crippen molar-refractivity contribution in [2.45, 2.75) is 19.3 Å². The molecule has 1 aromatic carbocycles. The number of amides is 1. The molecule has 0 saturated heterocycles. The first-order valence-corrected chi connectivity index (χ1v) is 8.89. The van der Waals surface area contributed by atoms with Gasteiger partial charge in [0.05, 0.1) is 5.01 Å². The Hall–Kier alpha value is -2.80. The quantitative estimate of drug-likeness (QED) is 0.609. The first-order chi connectivity index (χ1) is 12.2. The molecule has 2 aromatic heterocycles. The monoisotopic (exact) mass is 354 g/mol. The Balaban J connectivity index is 1.45. The van der Waals surface area contributed by atoms with Crippen LogP contribution in [0.2, 0.25) is 0 Å². The summed E-state index contributed by atoms with van der Waals surface area (Å²) in [5, 5.41) is 5.39. The highest BCUT2D eigenvalue weighted by Gasteiger charge is 2.12. The van der Waals surface area contributed by atoms with Crippen molar-refractivity contribution >= 4 is 23.0 Å². The van der Waals surface area contributed by atoms with Gasteiger partial charge < -0.3 is 10.3 Å². The van der Waals surface area contributed by atoms with E-state index >= 15 is 0 Å². The zero-order chi connectivity index (χ0) is 17.5. The third-order valence-electron chi connectivity index (χ3n) is 3.66. The molecule has 0 atom stereocenters. The number of carbonyl (C=O) groups excluding carboxylic acids is 2. The number of nitrogens with zero attached hydrogens (tertiary/aromatic N) is 2. The summed E-state index contributed by atoms with van der Waals surface area (Å²) in [7, 11) is 0. The maximum absolute atomic E-state index is 12.2. The number of thiazole rings is 1. The van der Waals surface area contributed by atoms with Gasteiger partial charge in [-0.15, -0.1) is 11.3 Å². The number of H-pyrrole nitrogens is 1. The van der Waals surface area contributed by atoms with Crippen molar-refractivity contribution in [1.29, 1.82) is 0 Å². The number of nitrogens with one attached hydrogen (secondary N) is 2. The van der Waals surface area contributed by atoms with E-state index in [1.165, 1.54) is 17.5 Å². The minimum absolute atomic E-state index is 0.0472. The van der Waals surface area contributed by atoms with Crippen LogP contribution < -0.4 is 5.32 Å². The Morgan fingerprint density at radius 1 is 1.16 bits per heavy atom. The second-order valence-electron chi connectivity index (χ2n) is 5.48. The van der Waals surface area contributed by atoms with Gasteiger partial charge in [-0.25, -0.2) is 9.97 Å². The third-order valence-corrected chi connectivity index (χ3v) is 4.57. The molecule has 0 saturated carbocycles. The van der Waals surface area contributed by atoms with E-state index in [2.05, 4.69) is 20.3 Å². The van der Waals surface area contributed by atoms with Gasteiger partial charge in [0.15, 0.2) is 11.6 Å². The van der Waals surface area contributed by atoms with E-state index in [1.54, 1.807) is 11.6 Å². The first kappa shape index (κ1) is 17.0. The lowest BCUT2D eigenvalue weighted by Crippen LogP contribution is -2.26. The molecule has 128 valence electrons. The van der Waals surface area contributed by atoms with Crippen LogP contribution in [-0.2, 0) is 12.8 Å². The van der Waals surface area contributed by atoms with Crippen LogP contribution in [0.25, 0.3) is 0 Å². The van der Waals surface area contributed by atoms with Crippen LogP contribution in [0.1, 0.15) is 38.1 Å². The number of hydrogen-bond acceptors (Lipinski definition) is 5. The van der Waals surface area contributed by atoms with Crippen LogP contribution in [0.5, 0.6) is 0 Å². The highest BCUT2D eigenvalue weighted by molar-refractivity contribution is 7.09. The number of hydrogen-bond donors (Lipinski definition) is 2. The van der Waals surface area contributed by atoms with Crippen LogP contribution in [0.3, 0.4) is 0 Å². The standard InChI is InChI=1S/C18H18N4O2S/c23-15(7-6-13-4-2-1-3-5-13)14-12-25-16(22-14)8-9-21-18(24)17-19-10-11-20-17/h1-5,10-12H,6-9H2,(H,19,20)(H,21,24). The number of rotatable bonds is 8. The smallest absolute Gasteiger partial charge is 0.287 e. The largest absolute Gasteiger partial charge is 0.349 e. The first-order valence-electron chi connectivity index (χ1n) is 8.01. The number of Topliss-reactive ketones (excluding diaryl/α,β-unsaturated/α-hetero) is 1. The molecule has 3 rings (SSSR count). The average molecular weight is 354 g/mol. The Labute approximate surface area is 149 Å². The molecule has 0 spiro atoms. The van der Waals surface area contributed by atoms with E-state index in [4.69, 9.17) is 0 Å². The fraction of sp³-hybridized carbons (Fsp3) is 0.222. The molecule has 0 aliphatic carbocycles. The molecular weight excluding hydrogens is 336 g/mol. The topological polar surface area (TPSA) is 87.7 Å². The van der Waals surface area contributed by atoms with E-state index in [0.29, 0.717) is 31.5 Å². The van der Waals surface area contributed by atoms with Crippen LogP contribution in [-0.4, -0.2) is 33.2 Å². The average Bonchev–Trinajstić information content (AvgIpc) is 3.32. The van der Waals surface area contributed by atoms with Gasteiger partial charge in [-0.2, -0.15) is 0 Å². The predicted molar refractivity (Wildman–Crippen MR) is 95.8 cm³/mol. The number of aromatic nitrogens is 3. The van der Waals surface area contributed by atoms with Crippen molar-refractivity contribution in [2.24, 2.45) is 0 Å². The molecule has 0 bridgehead atoms. The van der Waals surface area contributed by atoms with E-state index in [0.717, 1.165) is 10.6 Å². The van der Waals surface area contributed by atoms with Crippen LogP contribution in [0, 0.1) is 0 Å². The maximum Gasteiger partial charge on any atom is 0.287 e. The molecule has 1 amide bonds. The van der Waals surface area contributed by atoms with Crippen molar-refractivity contribution in [3.63, 3.8) is 0 Å². The SMILES string of the molecule is O=C(CCc1ccccc1)c1csc(CCNC(=O)c2ncc[nH]2)n1. The molecule has 2 N–H and O–H groups in total. The number of ketones is 1. The van der Waals surface area contributed by atoms with Gasteiger partial charge in [0.25, 0.3) is 5.91 Å². The molecule has 3 aromatic rings. The lowest BCUT2D eigenvalue weighted by Gasteiger charge is -2.01.